The Bertz CT molecular complexity index is 291. The standard InChI is InChI=1S/C10H18N4O2/c1-11-9(15)8-6-12-4-5-14(8)10(16)13-7-2-3-7/h7-8,12H,2-6H2,1H3,(H,11,15)(H,13,16). The summed E-state index contributed by atoms with van der Waals surface area (Å²) in [4.78, 5) is 25.1. The highest BCUT2D eigenvalue weighted by molar-refractivity contribution is 5.87. The average Bonchev–Trinajstić information content (AvgIpc) is 3.12. The molecule has 0 radical (unpaired) electrons. The van der Waals surface area contributed by atoms with Crippen LogP contribution in [0.1, 0.15) is 12.8 Å². The monoisotopic (exact) mass is 226 g/mol. The zero-order valence-electron chi connectivity index (χ0n) is 9.45. The van der Waals surface area contributed by atoms with E-state index in [0.717, 1.165) is 19.4 Å². The Labute approximate surface area is 94.7 Å². The summed E-state index contributed by atoms with van der Waals surface area (Å²) in [6.45, 7) is 1.85. The third-order valence-electron chi connectivity index (χ3n) is 2.96. The first-order valence-corrected chi connectivity index (χ1v) is 5.72. The molecule has 1 unspecified atom stereocenters. The van der Waals surface area contributed by atoms with E-state index in [1.165, 1.54) is 0 Å². The normalized spacial score (nSPS) is 25.1. The van der Waals surface area contributed by atoms with Crippen LogP contribution in [0.25, 0.3) is 0 Å². The molecule has 16 heavy (non-hydrogen) atoms. The number of nitrogens with one attached hydrogen (secondary N) is 3. The van der Waals surface area contributed by atoms with E-state index in [1.54, 1.807) is 11.9 Å². The number of amides is 3. The van der Waals surface area contributed by atoms with Crippen LogP contribution in [0, 0.1) is 0 Å². The van der Waals surface area contributed by atoms with Crippen molar-refractivity contribution in [1.82, 2.24) is 20.9 Å². The fourth-order valence-electron chi connectivity index (χ4n) is 1.83. The molecule has 0 aromatic rings. The Morgan fingerprint density at radius 3 is 2.75 bits per heavy atom. The number of piperazine rings is 1. The van der Waals surface area contributed by atoms with Gasteiger partial charge in [-0.1, -0.05) is 0 Å². The molecule has 2 fully saturated rings. The Kier molecular flexibility index (Phi) is 3.28. The van der Waals surface area contributed by atoms with Gasteiger partial charge in [-0.15, -0.1) is 0 Å². The van der Waals surface area contributed by atoms with E-state index >= 15 is 0 Å². The Morgan fingerprint density at radius 2 is 2.12 bits per heavy atom. The van der Waals surface area contributed by atoms with Crippen molar-refractivity contribution in [3.8, 4) is 0 Å². The second-order valence-electron chi connectivity index (χ2n) is 4.25. The van der Waals surface area contributed by atoms with Crippen LogP contribution in [0.5, 0.6) is 0 Å². The number of rotatable bonds is 2. The van der Waals surface area contributed by atoms with Crippen molar-refractivity contribution in [3.63, 3.8) is 0 Å². The first-order valence-electron chi connectivity index (χ1n) is 5.72. The van der Waals surface area contributed by atoms with Crippen LogP contribution < -0.4 is 16.0 Å². The second-order valence-corrected chi connectivity index (χ2v) is 4.25. The van der Waals surface area contributed by atoms with Crippen molar-refractivity contribution in [2.45, 2.75) is 24.9 Å². The molecular weight excluding hydrogens is 208 g/mol. The maximum atomic E-state index is 11.9. The zero-order chi connectivity index (χ0) is 11.5. The molecule has 1 aliphatic carbocycles. The maximum Gasteiger partial charge on any atom is 0.318 e. The minimum atomic E-state index is -0.391. The van der Waals surface area contributed by atoms with Crippen molar-refractivity contribution in [3.05, 3.63) is 0 Å². The van der Waals surface area contributed by atoms with Crippen LogP contribution in [0.2, 0.25) is 0 Å². The number of hydrogen-bond donors (Lipinski definition) is 3. The average molecular weight is 226 g/mol. The van der Waals surface area contributed by atoms with Crippen LogP contribution in [0.3, 0.4) is 0 Å². The van der Waals surface area contributed by atoms with Crippen LogP contribution in [-0.4, -0.2) is 55.6 Å². The maximum absolute atomic E-state index is 11.9. The third-order valence-corrected chi connectivity index (χ3v) is 2.96. The molecule has 3 N–H and O–H groups in total. The Morgan fingerprint density at radius 1 is 1.38 bits per heavy atom. The second kappa shape index (κ2) is 4.69. The van der Waals surface area contributed by atoms with Gasteiger partial charge in [0.2, 0.25) is 5.91 Å². The van der Waals surface area contributed by atoms with Crippen molar-refractivity contribution in [2.75, 3.05) is 26.7 Å². The van der Waals surface area contributed by atoms with E-state index in [-0.39, 0.29) is 11.9 Å². The van der Waals surface area contributed by atoms with Crippen molar-refractivity contribution >= 4 is 11.9 Å². The fourth-order valence-corrected chi connectivity index (χ4v) is 1.83. The molecule has 1 atom stereocenters. The third kappa shape index (κ3) is 2.44. The summed E-state index contributed by atoms with van der Waals surface area (Å²) in [7, 11) is 1.59. The van der Waals surface area contributed by atoms with Crippen LogP contribution in [0.4, 0.5) is 4.79 Å². The van der Waals surface area contributed by atoms with Gasteiger partial charge in [-0.2, -0.15) is 0 Å². The van der Waals surface area contributed by atoms with E-state index in [9.17, 15) is 9.59 Å². The van der Waals surface area contributed by atoms with Gasteiger partial charge in [-0.05, 0) is 12.8 Å². The molecule has 6 nitrogen and oxygen atoms in total. The summed E-state index contributed by atoms with van der Waals surface area (Å²) >= 11 is 0. The minimum absolute atomic E-state index is 0.113. The minimum Gasteiger partial charge on any atom is -0.357 e. The lowest BCUT2D eigenvalue weighted by atomic mass is 10.2. The summed E-state index contributed by atoms with van der Waals surface area (Å²) in [5.74, 6) is -0.113. The summed E-state index contributed by atoms with van der Waals surface area (Å²) < 4.78 is 0. The van der Waals surface area contributed by atoms with Gasteiger partial charge in [0.25, 0.3) is 0 Å². The first kappa shape index (κ1) is 11.2. The largest absolute Gasteiger partial charge is 0.357 e. The topological polar surface area (TPSA) is 73.5 Å². The predicted octanol–water partition coefficient (Wildman–Crippen LogP) is -1.12. The van der Waals surface area contributed by atoms with Gasteiger partial charge in [0.1, 0.15) is 6.04 Å². The van der Waals surface area contributed by atoms with Crippen molar-refractivity contribution in [1.29, 1.82) is 0 Å². The summed E-state index contributed by atoms with van der Waals surface area (Å²) in [6.07, 6.45) is 2.12. The highest BCUT2D eigenvalue weighted by Crippen LogP contribution is 2.19. The molecule has 0 aromatic heterocycles. The van der Waals surface area contributed by atoms with E-state index < -0.39 is 6.04 Å². The van der Waals surface area contributed by atoms with Crippen molar-refractivity contribution < 1.29 is 9.59 Å². The summed E-state index contributed by atoms with van der Waals surface area (Å²) in [5.41, 5.74) is 0. The SMILES string of the molecule is CNC(=O)C1CNCCN1C(=O)NC1CC1. The summed E-state index contributed by atoms with van der Waals surface area (Å²) in [5, 5.41) is 8.62. The van der Waals surface area contributed by atoms with Crippen LogP contribution >= 0.6 is 0 Å². The molecule has 2 rings (SSSR count). The van der Waals surface area contributed by atoms with E-state index in [1.807, 2.05) is 0 Å². The van der Waals surface area contributed by atoms with Gasteiger partial charge >= 0.3 is 6.03 Å². The van der Waals surface area contributed by atoms with Gasteiger partial charge in [0, 0.05) is 32.7 Å². The molecule has 1 heterocycles. The van der Waals surface area contributed by atoms with Gasteiger partial charge in [-0.3, -0.25) is 4.79 Å². The van der Waals surface area contributed by atoms with Gasteiger partial charge in [-0.25, -0.2) is 4.79 Å². The number of likely N-dealkylation sites (N-methyl/N-ethyl adjacent to an activating group) is 1. The molecule has 1 aliphatic heterocycles. The molecule has 1 saturated carbocycles. The van der Waals surface area contributed by atoms with Gasteiger partial charge in [0.15, 0.2) is 0 Å². The van der Waals surface area contributed by atoms with E-state index in [0.29, 0.717) is 19.1 Å². The number of carbonyl (C=O) groups excluding carboxylic acids is 2. The number of nitrogens with zero attached hydrogens (tertiary/aromatic N) is 1. The number of carbonyl (C=O) groups is 2. The molecular formula is C10H18N4O2. The molecule has 2 aliphatic rings. The molecule has 0 aromatic carbocycles. The van der Waals surface area contributed by atoms with Gasteiger partial charge in [0.05, 0.1) is 0 Å². The Balaban J connectivity index is 1.96. The van der Waals surface area contributed by atoms with Crippen molar-refractivity contribution in [2.24, 2.45) is 0 Å². The van der Waals surface area contributed by atoms with E-state index in [2.05, 4.69) is 16.0 Å². The Hall–Kier alpha value is -1.30. The van der Waals surface area contributed by atoms with Gasteiger partial charge < -0.3 is 20.9 Å². The molecule has 6 heteroatoms. The highest BCUT2D eigenvalue weighted by Gasteiger charge is 2.34. The smallest absolute Gasteiger partial charge is 0.318 e. The van der Waals surface area contributed by atoms with E-state index in [4.69, 9.17) is 0 Å². The fraction of sp³-hybridized carbons (Fsp3) is 0.800. The first-order chi connectivity index (χ1) is 7.72. The zero-order valence-corrected chi connectivity index (χ0v) is 9.45. The highest BCUT2D eigenvalue weighted by atomic mass is 16.2. The lowest BCUT2D eigenvalue weighted by Crippen LogP contribution is -2.61. The predicted molar refractivity (Wildman–Crippen MR) is 59.0 cm³/mol. The molecule has 3 amide bonds. The quantitative estimate of drug-likeness (QED) is 0.558. The molecule has 1 saturated heterocycles. The molecule has 0 spiro atoms. The molecule has 90 valence electrons. The molecule has 0 bridgehead atoms. The lowest BCUT2D eigenvalue weighted by Gasteiger charge is -2.34. The lowest BCUT2D eigenvalue weighted by molar-refractivity contribution is -0.125. The summed E-state index contributed by atoms with van der Waals surface area (Å²) in [6, 6.07) is -0.178. The number of urea groups is 1. The number of hydrogen-bond acceptors (Lipinski definition) is 3. The van der Waals surface area contributed by atoms with Crippen LogP contribution in [0.15, 0.2) is 0 Å². The van der Waals surface area contributed by atoms with Crippen LogP contribution in [-0.2, 0) is 4.79 Å².